The topological polar surface area (TPSA) is 51.5 Å². The molecule has 4 nitrogen and oxygen atoms in total. The van der Waals surface area contributed by atoms with E-state index < -0.39 is 0 Å². The van der Waals surface area contributed by atoms with E-state index in [1.807, 2.05) is 13.8 Å². The molecule has 18 heavy (non-hydrogen) atoms. The van der Waals surface area contributed by atoms with Crippen LogP contribution in [0.5, 0.6) is 0 Å². The zero-order valence-corrected chi connectivity index (χ0v) is 12.1. The molecule has 0 spiro atoms. The Morgan fingerprint density at radius 1 is 1.39 bits per heavy atom. The molecule has 1 aromatic rings. The monoisotopic (exact) mass is 273 g/mol. The minimum Gasteiger partial charge on any atom is -0.466 e. The molecule has 0 aromatic carbocycles. The fraction of sp³-hybridized carbons (Fsp3) is 0.615. The maximum absolute atomic E-state index is 12.2. The number of hydrogen-bond donors (Lipinski definition) is 1. The molecule has 1 N–H and O–H groups in total. The van der Waals surface area contributed by atoms with Crippen LogP contribution in [-0.2, 0) is 4.74 Å². The summed E-state index contributed by atoms with van der Waals surface area (Å²) < 4.78 is 10.5. The van der Waals surface area contributed by atoms with Gasteiger partial charge in [0.2, 0.25) is 0 Å². The predicted octanol–water partition coefficient (Wildman–Crippen LogP) is 2.58. The summed E-state index contributed by atoms with van der Waals surface area (Å²) in [5.41, 5.74) is 1.50. The van der Waals surface area contributed by atoms with E-state index >= 15 is 0 Å². The first-order chi connectivity index (χ1) is 8.51. The Bertz CT molecular complexity index is 409. The van der Waals surface area contributed by atoms with Gasteiger partial charge < -0.3 is 14.5 Å². The summed E-state index contributed by atoms with van der Waals surface area (Å²) in [5.74, 6) is 1.77. The minimum atomic E-state index is -0.131. The van der Waals surface area contributed by atoms with Gasteiger partial charge in [0.15, 0.2) is 0 Å². The Morgan fingerprint density at radius 3 is 2.50 bits per heavy atom. The Morgan fingerprint density at radius 2 is 2.06 bits per heavy atom. The van der Waals surface area contributed by atoms with Gasteiger partial charge in [0, 0.05) is 18.6 Å². The van der Waals surface area contributed by atoms with Crippen LogP contribution < -0.4 is 5.32 Å². The first-order valence-corrected chi connectivity index (χ1v) is 6.47. The van der Waals surface area contributed by atoms with Gasteiger partial charge in [-0.3, -0.25) is 4.79 Å². The first kappa shape index (κ1) is 15.1. The third kappa shape index (κ3) is 3.50. The number of alkyl halides is 1. The smallest absolute Gasteiger partial charge is 0.255 e. The van der Waals surface area contributed by atoms with E-state index in [-0.39, 0.29) is 11.9 Å². The van der Waals surface area contributed by atoms with Crippen molar-refractivity contribution in [3.05, 3.63) is 22.6 Å². The molecular formula is C13H20ClNO3. The highest BCUT2D eigenvalue weighted by Crippen LogP contribution is 2.20. The van der Waals surface area contributed by atoms with Crippen LogP contribution in [0.1, 0.15) is 33.9 Å². The summed E-state index contributed by atoms with van der Waals surface area (Å²) in [7, 11) is 1.60. The molecule has 1 unspecified atom stereocenters. The number of amides is 1. The van der Waals surface area contributed by atoms with Gasteiger partial charge in [-0.15, -0.1) is 11.6 Å². The van der Waals surface area contributed by atoms with Gasteiger partial charge in [-0.1, -0.05) is 0 Å². The van der Waals surface area contributed by atoms with E-state index in [0.29, 0.717) is 30.2 Å². The van der Waals surface area contributed by atoms with Crippen LogP contribution in [-0.4, -0.2) is 31.5 Å². The fourth-order valence-electron chi connectivity index (χ4n) is 1.92. The number of methoxy groups -OCH3 is 1. The third-order valence-electron chi connectivity index (χ3n) is 2.95. The Labute approximate surface area is 113 Å². The van der Waals surface area contributed by atoms with Crippen LogP contribution in [0.25, 0.3) is 0 Å². The van der Waals surface area contributed by atoms with Gasteiger partial charge in [0.25, 0.3) is 5.91 Å². The number of rotatable bonds is 6. The van der Waals surface area contributed by atoms with E-state index in [0.717, 1.165) is 11.3 Å². The van der Waals surface area contributed by atoms with Crippen LogP contribution in [0.15, 0.2) is 4.42 Å². The van der Waals surface area contributed by atoms with Crippen LogP contribution in [0, 0.1) is 20.8 Å². The van der Waals surface area contributed by atoms with Gasteiger partial charge >= 0.3 is 0 Å². The number of furan rings is 1. The molecule has 102 valence electrons. The number of hydrogen-bond acceptors (Lipinski definition) is 3. The van der Waals surface area contributed by atoms with E-state index in [4.69, 9.17) is 20.8 Å². The molecule has 1 amide bonds. The summed E-state index contributed by atoms with van der Waals surface area (Å²) in [6, 6.07) is -0.0750. The van der Waals surface area contributed by atoms with Crippen molar-refractivity contribution < 1.29 is 13.9 Å². The van der Waals surface area contributed by atoms with Crippen molar-refractivity contribution in [1.29, 1.82) is 0 Å². The summed E-state index contributed by atoms with van der Waals surface area (Å²) in [6.45, 7) is 5.98. The molecule has 1 atom stereocenters. The summed E-state index contributed by atoms with van der Waals surface area (Å²) in [4.78, 5) is 12.2. The molecule has 1 heterocycles. The largest absolute Gasteiger partial charge is 0.466 e. The SMILES string of the molecule is COCC(CCCl)NC(=O)c1c(C)oc(C)c1C. The maximum atomic E-state index is 12.2. The van der Waals surface area contributed by atoms with Crippen LogP contribution >= 0.6 is 11.6 Å². The first-order valence-electron chi connectivity index (χ1n) is 5.93. The van der Waals surface area contributed by atoms with Crippen molar-refractivity contribution >= 4 is 17.5 Å². The highest BCUT2D eigenvalue weighted by atomic mass is 35.5. The number of carbonyl (C=O) groups is 1. The van der Waals surface area contributed by atoms with Crippen molar-refractivity contribution in [2.45, 2.75) is 33.2 Å². The molecule has 0 saturated heterocycles. The van der Waals surface area contributed by atoms with Crippen molar-refractivity contribution in [3.63, 3.8) is 0 Å². The van der Waals surface area contributed by atoms with E-state index in [1.165, 1.54) is 0 Å². The number of halogens is 1. The second-order valence-electron chi connectivity index (χ2n) is 4.32. The lowest BCUT2D eigenvalue weighted by Crippen LogP contribution is -2.38. The lowest BCUT2D eigenvalue weighted by molar-refractivity contribution is 0.0893. The van der Waals surface area contributed by atoms with Crippen LogP contribution in [0.3, 0.4) is 0 Å². The molecule has 0 aliphatic heterocycles. The molecule has 5 heteroatoms. The van der Waals surface area contributed by atoms with Gasteiger partial charge in [0.05, 0.1) is 18.2 Å². The summed E-state index contributed by atoms with van der Waals surface area (Å²) in [5, 5.41) is 2.92. The van der Waals surface area contributed by atoms with Crippen molar-refractivity contribution in [3.8, 4) is 0 Å². The molecule has 0 radical (unpaired) electrons. The van der Waals surface area contributed by atoms with Gasteiger partial charge in [0.1, 0.15) is 11.5 Å². The third-order valence-corrected chi connectivity index (χ3v) is 3.17. The summed E-state index contributed by atoms with van der Waals surface area (Å²) >= 11 is 5.70. The van der Waals surface area contributed by atoms with Crippen molar-refractivity contribution in [1.82, 2.24) is 5.32 Å². The lowest BCUT2D eigenvalue weighted by Gasteiger charge is -2.16. The lowest BCUT2D eigenvalue weighted by atomic mass is 10.1. The van der Waals surface area contributed by atoms with Crippen molar-refractivity contribution in [2.75, 3.05) is 19.6 Å². The zero-order valence-electron chi connectivity index (χ0n) is 11.3. The van der Waals surface area contributed by atoms with E-state index in [9.17, 15) is 4.79 Å². The number of carbonyl (C=O) groups excluding carboxylic acids is 1. The Balaban J connectivity index is 2.80. The highest BCUT2D eigenvalue weighted by Gasteiger charge is 2.21. The molecule has 0 saturated carbocycles. The second kappa shape index (κ2) is 6.81. The average molecular weight is 274 g/mol. The van der Waals surface area contributed by atoms with Crippen LogP contribution in [0.4, 0.5) is 0 Å². The molecule has 0 aliphatic rings. The summed E-state index contributed by atoms with van der Waals surface area (Å²) in [6.07, 6.45) is 0.677. The quantitative estimate of drug-likeness (QED) is 0.811. The predicted molar refractivity (Wildman–Crippen MR) is 71.4 cm³/mol. The molecule has 0 bridgehead atoms. The van der Waals surface area contributed by atoms with Crippen molar-refractivity contribution in [2.24, 2.45) is 0 Å². The second-order valence-corrected chi connectivity index (χ2v) is 4.70. The normalized spacial score (nSPS) is 12.5. The molecule has 1 aromatic heterocycles. The zero-order chi connectivity index (χ0) is 13.7. The van der Waals surface area contributed by atoms with Gasteiger partial charge in [-0.05, 0) is 27.2 Å². The molecule has 0 fully saturated rings. The van der Waals surface area contributed by atoms with E-state index in [1.54, 1.807) is 14.0 Å². The molecular weight excluding hydrogens is 254 g/mol. The average Bonchev–Trinajstić information content (AvgIpc) is 2.53. The highest BCUT2D eigenvalue weighted by molar-refractivity contribution is 6.17. The Hall–Kier alpha value is -1.00. The number of aryl methyl sites for hydroxylation is 2. The molecule has 0 aliphatic carbocycles. The Kier molecular flexibility index (Phi) is 5.69. The number of nitrogens with one attached hydrogen (secondary N) is 1. The standard InChI is InChI=1S/C13H20ClNO3/c1-8-9(2)18-10(3)12(8)13(16)15-11(5-6-14)7-17-4/h11H,5-7H2,1-4H3,(H,15,16). The fourth-order valence-corrected chi connectivity index (χ4v) is 2.18. The van der Waals surface area contributed by atoms with E-state index in [2.05, 4.69) is 5.32 Å². The van der Waals surface area contributed by atoms with Crippen LogP contribution in [0.2, 0.25) is 0 Å². The molecule has 1 rings (SSSR count). The minimum absolute atomic E-state index is 0.0750. The maximum Gasteiger partial charge on any atom is 0.255 e. The van der Waals surface area contributed by atoms with Gasteiger partial charge in [-0.25, -0.2) is 0 Å². The van der Waals surface area contributed by atoms with Gasteiger partial charge in [-0.2, -0.15) is 0 Å². The number of ether oxygens (including phenoxy) is 1.